The maximum atomic E-state index is 13.5. The van der Waals surface area contributed by atoms with Crippen LogP contribution in [0.25, 0.3) is 0 Å². The van der Waals surface area contributed by atoms with E-state index in [1.54, 1.807) is 36.4 Å². The van der Waals surface area contributed by atoms with Crippen molar-refractivity contribution in [2.24, 2.45) is 0 Å². The van der Waals surface area contributed by atoms with E-state index in [1.165, 1.54) is 7.05 Å². The molecule has 20 heteroatoms. The fourth-order valence-electron chi connectivity index (χ4n) is 5.47. The Balaban J connectivity index is 1.58. The first-order valence-electron chi connectivity index (χ1n) is 13.9. The first-order valence-corrected chi connectivity index (χ1v) is 13.9. The Bertz CT molecular complexity index is 1510. The Labute approximate surface area is 286 Å². The number of nitrogens with one attached hydrogen (secondary N) is 2. The minimum absolute atomic E-state index is 0.0843. The third kappa shape index (κ3) is 6.02. The molecule has 8 nitrogen and oxygen atoms in total. The van der Waals surface area contributed by atoms with Crippen LogP contribution in [0, 0.1) is 0 Å². The maximum absolute atomic E-state index is 13.5. The number of nitrogens with zero attached hydrogens (tertiary/aromatic N) is 2. The Hall–Kier alpha value is -2.45. The van der Waals surface area contributed by atoms with Gasteiger partial charge in [-0.1, -0.05) is 40.8 Å². The van der Waals surface area contributed by atoms with Crippen molar-refractivity contribution in [3.05, 3.63) is 64.7 Å². The van der Waals surface area contributed by atoms with Crippen molar-refractivity contribution in [2.45, 2.75) is 57.6 Å². The van der Waals surface area contributed by atoms with E-state index in [0.717, 1.165) is 15.4 Å². The van der Waals surface area contributed by atoms with Gasteiger partial charge < -0.3 is 30.0 Å². The molecule has 2 heterocycles. The highest BCUT2D eigenvalue weighted by atomic mass is 16.5. The van der Waals surface area contributed by atoms with Gasteiger partial charge in [0, 0.05) is 43.5 Å². The van der Waals surface area contributed by atoms with Crippen LogP contribution in [0.2, 0.25) is 10.4 Å². The van der Waals surface area contributed by atoms with Gasteiger partial charge in [0.1, 0.15) is 12.3 Å². The fraction of sp³-hybridized carbons (Fsp3) is 0.423. The van der Waals surface area contributed by atoms with E-state index in [4.69, 9.17) is 98.9 Å². The second-order valence-corrected chi connectivity index (χ2v) is 11.9. The summed E-state index contributed by atoms with van der Waals surface area (Å²) in [5, 5.41) is -7.66. The third-order valence-corrected chi connectivity index (χ3v) is 8.50. The molecular weight excluding hydrogens is 562 g/mol. The molecule has 46 heavy (non-hydrogen) atoms. The van der Waals surface area contributed by atoms with Crippen LogP contribution in [-0.2, 0) is 34.0 Å². The lowest BCUT2D eigenvalue weighted by Gasteiger charge is -2.70. The number of benzene rings is 2. The second-order valence-electron chi connectivity index (χ2n) is 11.9. The number of ether oxygens (including phenoxy) is 1. The summed E-state index contributed by atoms with van der Waals surface area (Å²) < 4.78 is 5.27. The topological polar surface area (TPSA) is 91.0 Å². The van der Waals surface area contributed by atoms with Crippen molar-refractivity contribution in [1.82, 2.24) is 15.1 Å². The Kier molecular flexibility index (Phi) is 9.66. The number of hydrogen-bond donors (Lipinski definition) is 2. The highest BCUT2D eigenvalue weighted by Crippen LogP contribution is 2.47. The first kappa shape index (κ1) is 36.4. The van der Waals surface area contributed by atoms with Crippen LogP contribution in [0.3, 0.4) is 0 Å². The number of carbonyl (C=O) groups is 3. The van der Waals surface area contributed by atoms with E-state index in [1.807, 2.05) is 6.07 Å². The zero-order valence-electron chi connectivity index (χ0n) is 25.3. The number of amides is 2. The summed E-state index contributed by atoms with van der Waals surface area (Å²) >= 11 is 0. The van der Waals surface area contributed by atoms with Gasteiger partial charge in [-0.05, 0) is 44.7 Å². The van der Waals surface area contributed by atoms with Crippen molar-refractivity contribution < 1.29 is 19.1 Å². The molecule has 0 aliphatic carbocycles. The minimum Gasteiger partial charge on any atom is -0.406 e. The van der Waals surface area contributed by atoms with Crippen LogP contribution in [0.5, 0.6) is 0 Å². The van der Waals surface area contributed by atoms with Gasteiger partial charge in [0.15, 0.2) is 0 Å². The number of anilines is 1. The van der Waals surface area contributed by atoms with E-state index in [9.17, 15) is 14.4 Å². The van der Waals surface area contributed by atoms with Gasteiger partial charge in [-0.15, -0.1) is 0 Å². The summed E-state index contributed by atoms with van der Waals surface area (Å²) in [6, 6.07) is 10.6. The van der Waals surface area contributed by atoms with Crippen molar-refractivity contribution >= 4 is 118 Å². The summed E-state index contributed by atoms with van der Waals surface area (Å²) in [6.45, 7) is 0.0843. The monoisotopic (exact) mass is 584 g/mol. The largest absolute Gasteiger partial charge is 0.406 e. The Morgan fingerprint density at radius 2 is 1.52 bits per heavy atom. The molecule has 2 aliphatic heterocycles. The smallest absolute Gasteiger partial charge is 0.255 e. The molecule has 1 fully saturated rings. The van der Waals surface area contributed by atoms with Gasteiger partial charge in [0.2, 0.25) is 5.91 Å². The number of hydrogen-bond acceptors (Lipinski definition) is 6. The van der Waals surface area contributed by atoms with Gasteiger partial charge in [-0.2, -0.15) is 0 Å². The van der Waals surface area contributed by atoms with Gasteiger partial charge in [-0.25, -0.2) is 0 Å². The maximum Gasteiger partial charge on any atom is 0.255 e. The molecule has 2 aliphatic rings. The lowest BCUT2D eigenvalue weighted by molar-refractivity contribution is -0.126. The zero-order chi connectivity index (χ0) is 34.7. The molecule has 4 rings (SSSR count). The molecule has 0 bridgehead atoms. The van der Waals surface area contributed by atoms with Crippen LogP contribution in [0.15, 0.2) is 42.5 Å². The van der Waals surface area contributed by atoms with Crippen molar-refractivity contribution in [3.8, 4) is 0 Å². The lowest BCUT2D eigenvalue weighted by Crippen LogP contribution is -2.85. The number of aldehydes is 1. The summed E-state index contributed by atoms with van der Waals surface area (Å²) in [5.74, 6) is -1.33. The molecule has 0 saturated carbocycles. The number of fused-ring (bicyclic) bond motifs is 1. The summed E-state index contributed by atoms with van der Waals surface area (Å²) in [6.07, 6.45) is 0.129. The van der Waals surface area contributed by atoms with E-state index >= 15 is 0 Å². The molecule has 1 atom stereocenters. The molecule has 1 saturated heterocycles. The van der Waals surface area contributed by atoms with E-state index in [2.05, 4.69) is 10.6 Å². The van der Waals surface area contributed by atoms with Gasteiger partial charge in [-0.3, -0.25) is 9.59 Å². The molecule has 2 aromatic carbocycles. The standard InChI is InChI=1S/C26H20B12N4O4/c1-39-19(44)18(22(29,30)21(27,28)12-43)41-11-16-15(20(41)45)6-3-7-17(16)40-9-13-4-2-5-14(8-13)10-42-23(31,32)25(35,36)46-26(37,38)24(42,33)34/h2-8,12,18,40H,9-11H2,1H3,(H,39,44). The molecule has 204 valence electrons. The van der Waals surface area contributed by atoms with Crippen LogP contribution in [-0.4, -0.2) is 157 Å². The minimum atomic E-state index is -2.35. The van der Waals surface area contributed by atoms with Crippen molar-refractivity contribution in [3.63, 3.8) is 0 Å². The van der Waals surface area contributed by atoms with Crippen LogP contribution in [0.4, 0.5) is 5.69 Å². The van der Waals surface area contributed by atoms with Crippen LogP contribution < -0.4 is 10.6 Å². The van der Waals surface area contributed by atoms with Crippen LogP contribution in [0.1, 0.15) is 27.0 Å². The van der Waals surface area contributed by atoms with Crippen molar-refractivity contribution in [1.29, 1.82) is 0 Å². The molecule has 2 N–H and O–H groups in total. The van der Waals surface area contributed by atoms with Crippen LogP contribution >= 0.6 is 0 Å². The molecular formula is C26H20B12N4O4. The second kappa shape index (κ2) is 12.2. The molecule has 0 aromatic heterocycles. The predicted molar refractivity (Wildman–Crippen MR) is 186 cm³/mol. The number of morpholine rings is 1. The summed E-state index contributed by atoms with van der Waals surface area (Å²) in [7, 11) is 74.3. The van der Waals surface area contributed by atoms with Gasteiger partial charge in [0.25, 0.3) is 5.91 Å². The quantitative estimate of drug-likeness (QED) is 0.222. The zero-order valence-corrected chi connectivity index (χ0v) is 25.3. The Morgan fingerprint density at radius 1 is 0.957 bits per heavy atom. The van der Waals surface area contributed by atoms with E-state index < -0.39 is 49.8 Å². The molecule has 24 radical (unpaired) electrons. The molecule has 2 aromatic rings. The predicted octanol–water partition coefficient (Wildman–Crippen LogP) is -3.73. The van der Waals surface area contributed by atoms with Gasteiger partial charge >= 0.3 is 0 Å². The first-order chi connectivity index (χ1) is 21.1. The van der Waals surface area contributed by atoms with Gasteiger partial charge in [0.05, 0.1) is 94.2 Å². The lowest BCUT2D eigenvalue weighted by atomic mass is 9.28. The SMILES string of the molecule is [B]C([B])(C=O)C([B])([B])C(C(=O)NC)N1Cc2c(NCc3cccc(CN4C([B])([B])C([B])([B])OC([B])([B])C4([B])[B])c3)cccc2C1=O. The molecule has 0 spiro atoms. The van der Waals surface area contributed by atoms with E-state index in [-0.39, 0.29) is 31.5 Å². The highest BCUT2D eigenvalue weighted by Gasteiger charge is 2.56. The average Bonchev–Trinajstić information content (AvgIpc) is 3.29. The number of carbonyl (C=O) groups excluding carboxylic acids is 3. The third-order valence-electron chi connectivity index (χ3n) is 8.50. The summed E-state index contributed by atoms with van der Waals surface area (Å²) in [4.78, 5) is 40.4. The normalized spacial score (nSPS) is 20.7. The number of rotatable bonds is 10. The fourth-order valence-corrected chi connectivity index (χ4v) is 5.47. The molecule has 2 amide bonds. The Morgan fingerprint density at radius 3 is 2.09 bits per heavy atom. The number of likely N-dealkylation sites (N-methyl/N-ethyl adjacent to an activating group) is 1. The summed E-state index contributed by atoms with van der Waals surface area (Å²) in [5.41, 5.74) is 2.80. The highest BCUT2D eigenvalue weighted by molar-refractivity contribution is 6.61. The molecule has 1 unspecified atom stereocenters. The van der Waals surface area contributed by atoms with E-state index in [0.29, 0.717) is 16.8 Å². The van der Waals surface area contributed by atoms with Crippen molar-refractivity contribution in [2.75, 3.05) is 12.4 Å². The average molecular weight is 582 g/mol.